The monoisotopic (exact) mass is 284 g/mol. The van der Waals surface area contributed by atoms with Crippen LogP contribution in [0.4, 0.5) is 8.78 Å². The molecule has 2 aliphatic rings. The van der Waals surface area contributed by atoms with E-state index in [9.17, 15) is 13.6 Å². The molecule has 2 rings (SSSR count). The second-order valence-corrected chi connectivity index (χ2v) is 4.99. The fourth-order valence-corrected chi connectivity index (χ4v) is 2.47. The fourth-order valence-electron chi connectivity index (χ4n) is 2.47. The van der Waals surface area contributed by atoms with E-state index in [4.69, 9.17) is 4.74 Å². The van der Waals surface area contributed by atoms with Crippen LogP contribution < -0.4 is 5.32 Å². The van der Waals surface area contributed by atoms with E-state index in [1.807, 2.05) is 13.8 Å². The van der Waals surface area contributed by atoms with Crippen LogP contribution in [0.2, 0.25) is 0 Å². The predicted molar refractivity (Wildman–Crippen MR) is 65.2 cm³/mol. The summed E-state index contributed by atoms with van der Waals surface area (Å²) in [6.45, 7) is 4.32. The third-order valence-electron chi connectivity index (χ3n) is 3.14. The zero-order valence-electron chi connectivity index (χ0n) is 10.5. The maximum Gasteiger partial charge on any atom is 0.262 e. The maximum atomic E-state index is 13.0. The number of nitrogens with one attached hydrogen (secondary N) is 1. The number of alkyl halides is 2. The van der Waals surface area contributed by atoms with Gasteiger partial charge in [-0.05, 0) is 13.8 Å². The van der Waals surface area contributed by atoms with E-state index in [2.05, 4.69) is 5.32 Å². The second kappa shape index (κ2) is 5.67. The van der Waals surface area contributed by atoms with Gasteiger partial charge in [0.25, 0.3) is 5.92 Å². The molecule has 4 nitrogen and oxygen atoms in total. The Balaban J connectivity index is 0.00000162. The Kier molecular flexibility index (Phi) is 4.91. The molecule has 106 valence electrons. The molecule has 1 amide bonds. The van der Waals surface area contributed by atoms with Gasteiger partial charge in [-0.3, -0.25) is 10.1 Å². The summed E-state index contributed by atoms with van der Waals surface area (Å²) in [5.74, 6) is -2.99. The topological polar surface area (TPSA) is 41.6 Å². The third kappa shape index (κ3) is 3.52. The number of nitrogens with zero attached hydrogens (tertiary/aromatic N) is 1. The number of carbonyl (C=O) groups excluding carboxylic acids is 1. The summed E-state index contributed by atoms with van der Waals surface area (Å²) in [7, 11) is 0. The van der Waals surface area contributed by atoms with Gasteiger partial charge in [-0.2, -0.15) is 0 Å². The van der Waals surface area contributed by atoms with Crippen molar-refractivity contribution in [3.8, 4) is 0 Å². The number of ether oxygens (including phenoxy) is 1. The van der Waals surface area contributed by atoms with Crippen LogP contribution in [0.5, 0.6) is 0 Å². The van der Waals surface area contributed by atoms with Crippen LogP contribution in [0.1, 0.15) is 20.3 Å². The summed E-state index contributed by atoms with van der Waals surface area (Å²) in [5, 5.41) is 2.59. The van der Waals surface area contributed by atoms with Crippen molar-refractivity contribution in [2.24, 2.45) is 0 Å². The zero-order valence-corrected chi connectivity index (χ0v) is 11.3. The van der Waals surface area contributed by atoms with Gasteiger partial charge >= 0.3 is 0 Å². The number of carbonyl (C=O) groups is 1. The van der Waals surface area contributed by atoms with Gasteiger partial charge in [0.15, 0.2) is 0 Å². The van der Waals surface area contributed by atoms with E-state index in [1.54, 1.807) is 4.90 Å². The van der Waals surface area contributed by atoms with Gasteiger partial charge < -0.3 is 9.64 Å². The first-order valence-corrected chi connectivity index (χ1v) is 5.93. The lowest BCUT2D eigenvalue weighted by Crippen LogP contribution is -2.53. The quantitative estimate of drug-likeness (QED) is 0.782. The normalized spacial score (nSPS) is 35.1. The first kappa shape index (κ1) is 15.6. The minimum Gasteiger partial charge on any atom is -0.372 e. The average molecular weight is 285 g/mol. The van der Waals surface area contributed by atoms with E-state index in [0.29, 0.717) is 13.1 Å². The van der Waals surface area contributed by atoms with Gasteiger partial charge in [0.2, 0.25) is 5.91 Å². The Morgan fingerprint density at radius 1 is 1.33 bits per heavy atom. The van der Waals surface area contributed by atoms with Gasteiger partial charge in [0, 0.05) is 19.5 Å². The van der Waals surface area contributed by atoms with Crippen molar-refractivity contribution in [3.63, 3.8) is 0 Å². The van der Waals surface area contributed by atoms with Crippen molar-refractivity contribution in [2.75, 3.05) is 19.6 Å². The zero-order chi connectivity index (χ0) is 12.6. The van der Waals surface area contributed by atoms with Crippen LogP contribution in [0.3, 0.4) is 0 Å². The van der Waals surface area contributed by atoms with Crippen LogP contribution in [0, 0.1) is 0 Å². The molecule has 3 atom stereocenters. The lowest BCUT2D eigenvalue weighted by Gasteiger charge is -2.36. The minimum absolute atomic E-state index is 0. The highest BCUT2D eigenvalue weighted by molar-refractivity contribution is 5.85. The molecule has 2 fully saturated rings. The highest BCUT2D eigenvalue weighted by Gasteiger charge is 2.44. The Morgan fingerprint density at radius 3 is 2.33 bits per heavy atom. The highest BCUT2D eigenvalue weighted by atomic mass is 35.5. The number of halogens is 3. The third-order valence-corrected chi connectivity index (χ3v) is 3.14. The lowest BCUT2D eigenvalue weighted by atomic mass is 10.1. The fraction of sp³-hybridized carbons (Fsp3) is 0.909. The first-order valence-electron chi connectivity index (χ1n) is 5.93. The van der Waals surface area contributed by atoms with Gasteiger partial charge in [0.05, 0.1) is 24.8 Å². The second-order valence-electron chi connectivity index (χ2n) is 4.99. The Labute approximate surface area is 111 Å². The number of amides is 1. The van der Waals surface area contributed by atoms with E-state index in [1.165, 1.54) is 0 Å². The number of hydrogen-bond donors (Lipinski definition) is 1. The summed E-state index contributed by atoms with van der Waals surface area (Å²) in [5.41, 5.74) is 0. The van der Waals surface area contributed by atoms with Crippen molar-refractivity contribution >= 4 is 18.3 Å². The molecule has 2 heterocycles. The lowest BCUT2D eigenvalue weighted by molar-refractivity contribution is -0.145. The van der Waals surface area contributed by atoms with Gasteiger partial charge in [-0.1, -0.05) is 0 Å². The largest absolute Gasteiger partial charge is 0.372 e. The van der Waals surface area contributed by atoms with Gasteiger partial charge in [0.1, 0.15) is 0 Å². The molecule has 0 aromatic carbocycles. The molecule has 0 bridgehead atoms. The van der Waals surface area contributed by atoms with E-state index < -0.39 is 24.9 Å². The molecule has 2 aliphatic heterocycles. The van der Waals surface area contributed by atoms with E-state index in [0.717, 1.165) is 0 Å². The molecule has 0 spiro atoms. The predicted octanol–water partition coefficient (Wildman–Crippen LogP) is 1.04. The molecule has 0 saturated carbocycles. The smallest absolute Gasteiger partial charge is 0.262 e. The van der Waals surface area contributed by atoms with Crippen LogP contribution in [-0.4, -0.2) is 54.6 Å². The summed E-state index contributed by atoms with van der Waals surface area (Å²) < 4.78 is 31.5. The van der Waals surface area contributed by atoms with Crippen molar-refractivity contribution < 1.29 is 18.3 Å². The molecule has 0 aromatic rings. The van der Waals surface area contributed by atoms with Crippen LogP contribution in [-0.2, 0) is 9.53 Å². The summed E-state index contributed by atoms with van der Waals surface area (Å²) in [4.78, 5) is 13.7. The Bertz CT molecular complexity index is 307. The maximum absolute atomic E-state index is 13.0. The highest BCUT2D eigenvalue weighted by Crippen LogP contribution is 2.26. The molecular weight excluding hydrogens is 266 g/mol. The summed E-state index contributed by atoms with van der Waals surface area (Å²) >= 11 is 0. The van der Waals surface area contributed by atoms with Crippen molar-refractivity contribution in [1.29, 1.82) is 0 Å². The molecule has 18 heavy (non-hydrogen) atoms. The Morgan fingerprint density at radius 2 is 1.89 bits per heavy atom. The van der Waals surface area contributed by atoms with E-state index >= 15 is 0 Å². The number of hydrogen-bond acceptors (Lipinski definition) is 3. The molecule has 0 radical (unpaired) electrons. The SMILES string of the molecule is C[C@@H]1CN(C(=O)C2CC(F)(F)CN2)C[C@H](C)O1.Cl. The van der Waals surface area contributed by atoms with Crippen LogP contribution >= 0.6 is 12.4 Å². The summed E-state index contributed by atoms with van der Waals surface area (Å²) in [6, 6.07) is -0.748. The molecule has 0 aliphatic carbocycles. The molecule has 2 saturated heterocycles. The number of rotatable bonds is 1. The average Bonchev–Trinajstić information content (AvgIpc) is 2.56. The number of morpholine rings is 1. The van der Waals surface area contributed by atoms with Crippen LogP contribution in [0.25, 0.3) is 0 Å². The van der Waals surface area contributed by atoms with Crippen molar-refractivity contribution in [1.82, 2.24) is 10.2 Å². The Hall–Kier alpha value is -0.460. The first-order chi connectivity index (χ1) is 7.87. The molecule has 7 heteroatoms. The van der Waals surface area contributed by atoms with Crippen molar-refractivity contribution in [3.05, 3.63) is 0 Å². The van der Waals surface area contributed by atoms with Gasteiger partial charge in [-0.15, -0.1) is 12.4 Å². The molecule has 1 N–H and O–H groups in total. The van der Waals surface area contributed by atoms with E-state index in [-0.39, 0.29) is 30.5 Å². The van der Waals surface area contributed by atoms with Gasteiger partial charge in [-0.25, -0.2) is 8.78 Å². The molecule has 0 aromatic heterocycles. The standard InChI is InChI=1S/C11H18F2N2O2.ClH/c1-7-4-15(5-8(2)17-7)10(16)9-3-11(12,13)6-14-9;/h7-9,14H,3-6H2,1-2H3;1H/t7-,8+,9?;. The van der Waals surface area contributed by atoms with Crippen LogP contribution in [0.15, 0.2) is 0 Å². The minimum atomic E-state index is -2.76. The molecular formula is C11H19ClF2N2O2. The van der Waals surface area contributed by atoms with Crippen molar-refractivity contribution in [2.45, 2.75) is 44.4 Å². The summed E-state index contributed by atoms with van der Waals surface area (Å²) in [6.07, 6.45) is -0.472. The molecule has 1 unspecified atom stereocenters.